The SMILES string of the molecule is C#COC(O)CC([CH2])=O. The van der Waals surface area contributed by atoms with Crippen molar-refractivity contribution < 1.29 is 14.6 Å². The van der Waals surface area contributed by atoms with Crippen molar-refractivity contribution in [3.05, 3.63) is 6.92 Å². The van der Waals surface area contributed by atoms with Crippen LogP contribution in [0.3, 0.4) is 0 Å². The van der Waals surface area contributed by atoms with Crippen molar-refractivity contribution >= 4 is 5.78 Å². The summed E-state index contributed by atoms with van der Waals surface area (Å²) in [5.74, 6) is -0.405. The predicted octanol–water partition coefficient (Wildman–Crippen LogP) is -0.295. The smallest absolute Gasteiger partial charge is 0.214 e. The van der Waals surface area contributed by atoms with Crippen LogP contribution in [0.1, 0.15) is 6.42 Å². The number of carbonyl (C=O) groups is 1. The van der Waals surface area contributed by atoms with E-state index in [1.54, 1.807) is 6.11 Å². The van der Waals surface area contributed by atoms with Gasteiger partial charge < -0.3 is 9.84 Å². The Balaban J connectivity index is 3.40. The van der Waals surface area contributed by atoms with E-state index in [2.05, 4.69) is 18.1 Å². The lowest BCUT2D eigenvalue weighted by molar-refractivity contribution is -0.122. The van der Waals surface area contributed by atoms with E-state index in [-0.39, 0.29) is 6.42 Å². The Morgan fingerprint density at radius 3 is 2.89 bits per heavy atom. The molecule has 1 radical (unpaired) electrons. The van der Waals surface area contributed by atoms with E-state index < -0.39 is 12.1 Å². The molecule has 0 aromatic rings. The molecule has 0 rings (SSSR count). The van der Waals surface area contributed by atoms with Crippen LogP contribution in [-0.2, 0) is 9.53 Å². The summed E-state index contributed by atoms with van der Waals surface area (Å²) in [4.78, 5) is 10.1. The zero-order chi connectivity index (χ0) is 7.28. The van der Waals surface area contributed by atoms with Crippen LogP contribution in [0.5, 0.6) is 0 Å². The third-order valence-electron chi connectivity index (χ3n) is 0.606. The minimum absolute atomic E-state index is 0.163. The average Bonchev–Trinajstić information content (AvgIpc) is 1.63. The monoisotopic (exact) mass is 127 g/mol. The van der Waals surface area contributed by atoms with Gasteiger partial charge >= 0.3 is 0 Å². The summed E-state index contributed by atoms with van der Waals surface area (Å²) in [6, 6.07) is 0. The summed E-state index contributed by atoms with van der Waals surface area (Å²) in [6.45, 7) is 3.01. The molecule has 0 spiro atoms. The Morgan fingerprint density at radius 2 is 2.56 bits per heavy atom. The maximum atomic E-state index is 10.1. The third kappa shape index (κ3) is 4.85. The number of hydrogen-bond donors (Lipinski definition) is 1. The van der Waals surface area contributed by atoms with Crippen molar-refractivity contribution in [1.29, 1.82) is 0 Å². The van der Waals surface area contributed by atoms with Crippen molar-refractivity contribution in [3.8, 4) is 12.5 Å². The summed E-state index contributed by atoms with van der Waals surface area (Å²) in [5.41, 5.74) is 0. The van der Waals surface area contributed by atoms with Gasteiger partial charge in [-0.15, -0.1) is 0 Å². The highest BCUT2D eigenvalue weighted by atomic mass is 16.6. The van der Waals surface area contributed by atoms with Crippen LogP contribution >= 0.6 is 0 Å². The second kappa shape index (κ2) is 3.93. The lowest BCUT2D eigenvalue weighted by atomic mass is 10.3. The van der Waals surface area contributed by atoms with Crippen molar-refractivity contribution in [3.63, 3.8) is 0 Å². The van der Waals surface area contributed by atoms with Gasteiger partial charge in [0.25, 0.3) is 0 Å². The molecule has 0 aromatic heterocycles. The molecule has 1 atom stereocenters. The number of ketones is 1. The molecule has 0 saturated heterocycles. The van der Waals surface area contributed by atoms with E-state index in [1.165, 1.54) is 0 Å². The number of aliphatic hydroxyl groups is 1. The number of rotatable bonds is 3. The van der Waals surface area contributed by atoms with Crippen LogP contribution in [0.15, 0.2) is 0 Å². The van der Waals surface area contributed by atoms with Gasteiger partial charge in [0.15, 0.2) is 0 Å². The molecular formula is C6H7O3. The molecule has 0 aromatic carbocycles. The number of aliphatic hydroxyl groups excluding tert-OH is 1. The van der Waals surface area contributed by atoms with Crippen LogP contribution in [0.4, 0.5) is 0 Å². The summed E-state index contributed by atoms with van der Waals surface area (Å²) >= 11 is 0. The molecule has 0 aliphatic rings. The number of hydrogen-bond acceptors (Lipinski definition) is 3. The maximum absolute atomic E-state index is 10.1. The average molecular weight is 127 g/mol. The van der Waals surface area contributed by atoms with Crippen LogP contribution < -0.4 is 0 Å². The molecule has 49 valence electrons. The first kappa shape index (κ1) is 7.99. The van der Waals surface area contributed by atoms with E-state index in [0.29, 0.717) is 0 Å². The second-order valence-electron chi connectivity index (χ2n) is 1.43. The first-order valence-corrected chi connectivity index (χ1v) is 2.31. The third-order valence-corrected chi connectivity index (χ3v) is 0.606. The number of ether oxygens (including phenoxy) is 1. The first-order chi connectivity index (χ1) is 4.16. The Morgan fingerprint density at radius 1 is 2.00 bits per heavy atom. The summed E-state index contributed by atoms with van der Waals surface area (Å²) in [5, 5.41) is 8.59. The van der Waals surface area contributed by atoms with E-state index in [9.17, 15) is 4.79 Å². The van der Waals surface area contributed by atoms with Gasteiger partial charge in [-0.25, -0.2) is 0 Å². The van der Waals surface area contributed by atoms with Crippen LogP contribution in [0.2, 0.25) is 0 Å². The van der Waals surface area contributed by atoms with E-state index >= 15 is 0 Å². The number of carbonyl (C=O) groups excluding carboxylic acids is 1. The Labute approximate surface area is 53.6 Å². The standard InChI is InChI=1S/C6H7O3/c1-3-9-6(8)4-5(2)7/h1,6,8H,2,4H2. The normalized spacial score (nSPS) is 11.7. The molecular weight excluding hydrogens is 120 g/mol. The fourth-order valence-corrected chi connectivity index (χ4v) is 0.315. The molecule has 1 unspecified atom stereocenters. The van der Waals surface area contributed by atoms with Gasteiger partial charge in [0.1, 0.15) is 11.9 Å². The van der Waals surface area contributed by atoms with E-state index in [1.807, 2.05) is 0 Å². The lowest BCUT2D eigenvalue weighted by Gasteiger charge is -2.02. The zero-order valence-electron chi connectivity index (χ0n) is 4.83. The van der Waals surface area contributed by atoms with Crippen LogP contribution in [-0.4, -0.2) is 17.2 Å². The predicted molar refractivity (Wildman–Crippen MR) is 30.9 cm³/mol. The quantitative estimate of drug-likeness (QED) is 0.418. The molecule has 3 nitrogen and oxygen atoms in total. The van der Waals surface area contributed by atoms with Gasteiger partial charge in [0.2, 0.25) is 6.29 Å². The van der Waals surface area contributed by atoms with Crippen molar-refractivity contribution in [2.45, 2.75) is 12.7 Å². The topological polar surface area (TPSA) is 46.5 Å². The summed E-state index contributed by atoms with van der Waals surface area (Å²) in [6.07, 6.45) is 5.01. The highest BCUT2D eigenvalue weighted by Crippen LogP contribution is 1.92. The van der Waals surface area contributed by atoms with Gasteiger partial charge in [-0.3, -0.25) is 4.79 Å². The molecule has 0 heterocycles. The minimum atomic E-state index is -1.21. The van der Waals surface area contributed by atoms with Crippen LogP contribution in [0.25, 0.3) is 0 Å². The highest BCUT2D eigenvalue weighted by Gasteiger charge is 2.04. The number of Topliss-reactive ketones (excluding diaryl/α,β-unsaturated/α-hetero) is 1. The van der Waals surface area contributed by atoms with Crippen molar-refractivity contribution in [2.75, 3.05) is 0 Å². The molecule has 3 heteroatoms. The van der Waals surface area contributed by atoms with Crippen molar-refractivity contribution in [1.82, 2.24) is 0 Å². The maximum Gasteiger partial charge on any atom is 0.214 e. The molecule has 0 aliphatic heterocycles. The van der Waals surface area contributed by atoms with Gasteiger partial charge in [-0.1, -0.05) is 6.42 Å². The van der Waals surface area contributed by atoms with E-state index in [4.69, 9.17) is 5.11 Å². The minimum Gasteiger partial charge on any atom is -0.414 e. The molecule has 9 heavy (non-hydrogen) atoms. The van der Waals surface area contributed by atoms with Gasteiger partial charge in [0.05, 0.1) is 6.42 Å². The number of terminal acetylenes is 1. The van der Waals surface area contributed by atoms with Gasteiger partial charge in [-0.05, 0) is 0 Å². The Kier molecular flexibility index (Phi) is 3.49. The molecule has 0 fully saturated rings. The van der Waals surface area contributed by atoms with Crippen LogP contribution in [0, 0.1) is 19.5 Å². The lowest BCUT2D eigenvalue weighted by Crippen LogP contribution is -2.12. The van der Waals surface area contributed by atoms with Gasteiger partial charge in [0, 0.05) is 6.92 Å². The fraction of sp³-hybridized carbons (Fsp3) is 0.333. The second-order valence-corrected chi connectivity index (χ2v) is 1.43. The Bertz CT molecular complexity index is 134. The molecule has 1 N–H and O–H groups in total. The molecule has 0 saturated carbocycles. The van der Waals surface area contributed by atoms with Crippen molar-refractivity contribution in [2.24, 2.45) is 0 Å². The largest absolute Gasteiger partial charge is 0.414 e. The van der Waals surface area contributed by atoms with E-state index in [0.717, 1.165) is 0 Å². The highest BCUT2D eigenvalue weighted by molar-refractivity contribution is 5.82. The first-order valence-electron chi connectivity index (χ1n) is 2.31. The molecule has 0 amide bonds. The van der Waals surface area contributed by atoms with Gasteiger partial charge in [-0.2, -0.15) is 0 Å². The molecule has 0 aliphatic carbocycles. The fourth-order valence-electron chi connectivity index (χ4n) is 0.315. The Hall–Kier alpha value is -1.01. The summed E-state index contributed by atoms with van der Waals surface area (Å²) < 4.78 is 4.18. The zero-order valence-corrected chi connectivity index (χ0v) is 4.83. The summed E-state index contributed by atoms with van der Waals surface area (Å²) in [7, 11) is 0. The molecule has 0 bridgehead atoms.